The van der Waals surface area contributed by atoms with Gasteiger partial charge in [0.05, 0.1) is 0 Å². The van der Waals surface area contributed by atoms with E-state index in [0.29, 0.717) is 11.8 Å². The van der Waals surface area contributed by atoms with Gasteiger partial charge in [-0.3, -0.25) is 0 Å². The third-order valence-electron chi connectivity index (χ3n) is 7.00. The van der Waals surface area contributed by atoms with Crippen molar-refractivity contribution in [2.75, 3.05) is 0 Å². The number of ether oxygens (including phenoxy) is 1. The van der Waals surface area contributed by atoms with Gasteiger partial charge >= 0.3 is 6.36 Å². The van der Waals surface area contributed by atoms with Crippen molar-refractivity contribution in [1.29, 1.82) is 0 Å². The molecule has 0 radical (unpaired) electrons. The van der Waals surface area contributed by atoms with E-state index in [-0.39, 0.29) is 10.8 Å². The number of halogens is 5. The minimum absolute atomic E-state index is 0.0634. The first-order valence-corrected chi connectivity index (χ1v) is 10.4. The highest BCUT2D eigenvalue weighted by atomic mass is 19.4. The first-order chi connectivity index (χ1) is 13.7. The number of hydrogen-bond acceptors (Lipinski definition) is 1. The third-order valence-corrected chi connectivity index (χ3v) is 7.00. The molecule has 0 amide bonds. The summed E-state index contributed by atoms with van der Waals surface area (Å²) in [7, 11) is 0. The number of rotatable bonds is 3. The molecule has 4 rings (SSSR count). The van der Waals surface area contributed by atoms with Crippen molar-refractivity contribution >= 4 is 10.8 Å². The van der Waals surface area contributed by atoms with Crippen LogP contribution in [0, 0.1) is 29.4 Å². The molecule has 4 unspecified atom stereocenters. The predicted molar refractivity (Wildman–Crippen MR) is 102 cm³/mol. The fourth-order valence-corrected chi connectivity index (χ4v) is 5.45. The standard InChI is InChI=1S/C23H25F5O/c1-2-13-3-4-15-10-16(6-5-14(15)9-13)17-7-8-19-18(11-17)12-20(24)22(21(19)25)29-23(26,27)28/h7-8,11-16H,2-6,9-10H2,1H3. The average molecular weight is 412 g/mol. The topological polar surface area (TPSA) is 9.23 Å². The van der Waals surface area contributed by atoms with E-state index in [9.17, 15) is 22.0 Å². The van der Waals surface area contributed by atoms with Crippen molar-refractivity contribution in [3.63, 3.8) is 0 Å². The Kier molecular flexibility index (Phi) is 5.47. The van der Waals surface area contributed by atoms with Crippen LogP contribution in [0.4, 0.5) is 22.0 Å². The van der Waals surface area contributed by atoms with Crippen LogP contribution in [0.25, 0.3) is 10.8 Å². The maximum absolute atomic E-state index is 14.5. The second kappa shape index (κ2) is 7.77. The van der Waals surface area contributed by atoms with Crippen LogP contribution in [0.1, 0.15) is 63.4 Å². The largest absolute Gasteiger partial charge is 0.573 e. The van der Waals surface area contributed by atoms with Crippen molar-refractivity contribution in [3.8, 4) is 5.75 Å². The molecule has 4 atom stereocenters. The van der Waals surface area contributed by atoms with Gasteiger partial charge in [-0.25, -0.2) is 8.78 Å². The first kappa shape index (κ1) is 20.4. The van der Waals surface area contributed by atoms with E-state index < -0.39 is 23.7 Å². The molecule has 1 nitrogen and oxygen atoms in total. The minimum atomic E-state index is -5.15. The highest BCUT2D eigenvalue weighted by molar-refractivity contribution is 5.85. The molecule has 0 bridgehead atoms. The monoisotopic (exact) mass is 412 g/mol. The number of fused-ring (bicyclic) bond motifs is 2. The summed E-state index contributed by atoms with van der Waals surface area (Å²) in [5.41, 5.74) is 1.01. The molecule has 6 heteroatoms. The summed E-state index contributed by atoms with van der Waals surface area (Å²) in [5, 5.41) is 0.204. The second-order valence-corrected chi connectivity index (χ2v) is 8.65. The number of benzene rings is 2. The van der Waals surface area contributed by atoms with Crippen molar-refractivity contribution in [2.24, 2.45) is 17.8 Å². The molecule has 0 spiro atoms. The van der Waals surface area contributed by atoms with E-state index in [2.05, 4.69) is 11.7 Å². The van der Waals surface area contributed by atoms with Crippen LogP contribution in [-0.4, -0.2) is 6.36 Å². The second-order valence-electron chi connectivity index (χ2n) is 8.65. The van der Waals surface area contributed by atoms with Gasteiger partial charge in [0, 0.05) is 5.39 Å². The zero-order valence-electron chi connectivity index (χ0n) is 16.4. The Hall–Kier alpha value is -1.85. The molecule has 0 aliphatic heterocycles. The van der Waals surface area contributed by atoms with E-state index in [4.69, 9.17) is 0 Å². The molecule has 158 valence electrons. The maximum Gasteiger partial charge on any atom is 0.573 e. The summed E-state index contributed by atoms with van der Waals surface area (Å²) in [6.45, 7) is 2.26. The molecule has 0 N–H and O–H groups in total. The lowest BCUT2D eigenvalue weighted by Gasteiger charge is -2.42. The molecule has 2 fully saturated rings. The summed E-state index contributed by atoms with van der Waals surface area (Å²) >= 11 is 0. The molecule has 2 aromatic rings. The van der Waals surface area contributed by atoms with E-state index in [0.717, 1.165) is 36.3 Å². The van der Waals surface area contributed by atoms with Gasteiger partial charge in [-0.15, -0.1) is 13.2 Å². The zero-order chi connectivity index (χ0) is 20.8. The van der Waals surface area contributed by atoms with Crippen LogP contribution >= 0.6 is 0 Å². The van der Waals surface area contributed by atoms with Crippen molar-refractivity contribution in [3.05, 3.63) is 41.5 Å². The van der Waals surface area contributed by atoms with Crippen LogP contribution in [0.2, 0.25) is 0 Å². The van der Waals surface area contributed by atoms with Gasteiger partial charge in [-0.1, -0.05) is 38.0 Å². The molecular weight excluding hydrogens is 387 g/mol. The molecule has 0 saturated heterocycles. The summed E-state index contributed by atoms with van der Waals surface area (Å²) < 4.78 is 69.4. The minimum Gasteiger partial charge on any atom is -0.399 e. The smallest absolute Gasteiger partial charge is 0.399 e. The quantitative estimate of drug-likeness (QED) is 0.469. The van der Waals surface area contributed by atoms with Crippen molar-refractivity contribution < 1.29 is 26.7 Å². The summed E-state index contributed by atoms with van der Waals surface area (Å²) in [4.78, 5) is 0. The van der Waals surface area contributed by atoms with Gasteiger partial charge in [-0.05, 0) is 72.8 Å². The lowest BCUT2D eigenvalue weighted by molar-refractivity contribution is -0.276. The molecule has 0 aromatic heterocycles. The number of alkyl halides is 3. The van der Waals surface area contributed by atoms with Crippen LogP contribution in [0.3, 0.4) is 0 Å². The van der Waals surface area contributed by atoms with Crippen LogP contribution < -0.4 is 4.74 Å². The van der Waals surface area contributed by atoms with Crippen LogP contribution in [0.15, 0.2) is 24.3 Å². The Labute approximate surface area is 167 Å². The zero-order valence-corrected chi connectivity index (χ0v) is 16.4. The lowest BCUT2D eigenvalue weighted by Crippen LogP contribution is -2.30. The predicted octanol–water partition coefficient (Wildman–Crippen LogP) is 7.73. The van der Waals surface area contributed by atoms with Crippen molar-refractivity contribution in [1.82, 2.24) is 0 Å². The molecule has 2 saturated carbocycles. The van der Waals surface area contributed by atoms with E-state index >= 15 is 0 Å². The molecular formula is C23H25F5O. The molecule has 29 heavy (non-hydrogen) atoms. The summed E-state index contributed by atoms with van der Waals surface area (Å²) in [5.74, 6) is -1.41. The first-order valence-electron chi connectivity index (χ1n) is 10.4. The van der Waals surface area contributed by atoms with Gasteiger partial charge in [0.15, 0.2) is 11.6 Å². The molecule has 2 aliphatic carbocycles. The number of hydrogen-bond donors (Lipinski definition) is 0. The SMILES string of the molecule is CCC1CCC2CC(c3ccc4c(F)c(OC(F)(F)F)c(F)cc4c3)CCC2C1. The van der Waals surface area contributed by atoms with Gasteiger partial charge in [0.25, 0.3) is 0 Å². The molecule has 2 aromatic carbocycles. The Morgan fingerprint density at radius 3 is 2.41 bits per heavy atom. The van der Waals surface area contributed by atoms with Crippen LogP contribution in [-0.2, 0) is 0 Å². The van der Waals surface area contributed by atoms with Gasteiger partial charge in [0.1, 0.15) is 0 Å². The molecule has 0 heterocycles. The van der Waals surface area contributed by atoms with Gasteiger partial charge in [0.2, 0.25) is 5.75 Å². The Morgan fingerprint density at radius 1 is 0.966 bits per heavy atom. The van der Waals surface area contributed by atoms with Crippen molar-refractivity contribution in [2.45, 2.75) is 64.1 Å². The summed E-state index contributed by atoms with van der Waals surface area (Å²) in [6, 6.07) is 5.87. The normalized spacial score (nSPS) is 27.7. The lowest BCUT2D eigenvalue weighted by atomic mass is 9.63. The fraction of sp³-hybridized carbons (Fsp3) is 0.565. The fourth-order valence-electron chi connectivity index (χ4n) is 5.45. The average Bonchev–Trinajstić information content (AvgIpc) is 2.69. The van der Waals surface area contributed by atoms with Gasteiger partial charge < -0.3 is 4.74 Å². The highest BCUT2D eigenvalue weighted by Gasteiger charge is 2.36. The van der Waals surface area contributed by atoms with Crippen LogP contribution in [0.5, 0.6) is 5.75 Å². The Bertz CT molecular complexity index is 891. The van der Waals surface area contributed by atoms with Gasteiger partial charge in [-0.2, -0.15) is 0 Å². The summed E-state index contributed by atoms with van der Waals surface area (Å²) in [6.07, 6.45) is 3.22. The third kappa shape index (κ3) is 4.22. The Balaban J connectivity index is 1.58. The molecule has 2 aliphatic rings. The van der Waals surface area contributed by atoms with E-state index in [1.807, 2.05) is 0 Å². The van der Waals surface area contributed by atoms with E-state index in [1.165, 1.54) is 38.2 Å². The highest BCUT2D eigenvalue weighted by Crippen LogP contribution is 2.48. The maximum atomic E-state index is 14.5. The van der Waals surface area contributed by atoms with E-state index in [1.54, 1.807) is 12.1 Å². The Morgan fingerprint density at radius 2 is 1.69 bits per heavy atom.